The second kappa shape index (κ2) is 8.10. The molecule has 1 saturated heterocycles. The first-order valence-electron chi connectivity index (χ1n) is 10.2. The number of nitrogens with zero attached hydrogens (tertiary/aromatic N) is 5. The highest BCUT2D eigenvalue weighted by Crippen LogP contribution is 2.25. The fraction of sp³-hybridized carbons (Fsp3) is 0.455. The fourth-order valence-electron chi connectivity index (χ4n) is 3.93. The van der Waals surface area contributed by atoms with E-state index in [-0.39, 0.29) is 11.8 Å². The van der Waals surface area contributed by atoms with Gasteiger partial charge in [0.05, 0.1) is 11.9 Å². The van der Waals surface area contributed by atoms with Gasteiger partial charge in [-0.2, -0.15) is 5.10 Å². The van der Waals surface area contributed by atoms with Gasteiger partial charge in [-0.05, 0) is 57.3 Å². The Morgan fingerprint density at radius 3 is 2.57 bits per heavy atom. The predicted molar refractivity (Wildman–Crippen MR) is 115 cm³/mol. The van der Waals surface area contributed by atoms with E-state index >= 15 is 0 Å². The summed E-state index contributed by atoms with van der Waals surface area (Å²) >= 11 is 0. The zero-order chi connectivity index (χ0) is 21.3. The molecule has 0 bridgehead atoms. The first-order chi connectivity index (χ1) is 14.3. The molecule has 1 N–H and O–H groups in total. The number of rotatable bonds is 5. The monoisotopic (exact) mass is 410 g/mol. The number of pyridine rings is 2. The summed E-state index contributed by atoms with van der Waals surface area (Å²) in [5.41, 5.74) is 0.542. The quantitative estimate of drug-likeness (QED) is 0.697. The van der Waals surface area contributed by atoms with Crippen LogP contribution in [-0.2, 0) is 11.8 Å². The van der Waals surface area contributed by atoms with E-state index < -0.39 is 5.67 Å². The van der Waals surface area contributed by atoms with Crippen molar-refractivity contribution in [1.29, 1.82) is 0 Å². The van der Waals surface area contributed by atoms with Gasteiger partial charge in [0.2, 0.25) is 5.91 Å². The summed E-state index contributed by atoms with van der Waals surface area (Å²) in [6, 6.07) is 3.84. The molecule has 3 aromatic heterocycles. The van der Waals surface area contributed by atoms with Crippen molar-refractivity contribution < 1.29 is 9.18 Å². The molecule has 0 spiro atoms. The van der Waals surface area contributed by atoms with Crippen molar-refractivity contribution in [2.45, 2.75) is 32.4 Å². The number of aromatic nitrogens is 4. The lowest BCUT2D eigenvalue weighted by Gasteiger charge is -2.33. The maximum Gasteiger partial charge on any atom is 0.228 e. The number of aryl methyl sites for hydroxylation is 1. The molecule has 1 aliphatic heterocycles. The van der Waals surface area contributed by atoms with Gasteiger partial charge in [-0.25, -0.2) is 9.37 Å². The van der Waals surface area contributed by atoms with Gasteiger partial charge in [0, 0.05) is 49.1 Å². The summed E-state index contributed by atoms with van der Waals surface area (Å²) in [6.45, 7) is 5.05. The van der Waals surface area contributed by atoms with Crippen LogP contribution in [0.2, 0.25) is 0 Å². The number of amides is 1. The van der Waals surface area contributed by atoms with Crippen molar-refractivity contribution in [3.63, 3.8) is 0 Å². The van der Waals surface area contributed by atoms with Gasteiger partial charge < -0.3 is 10.2 Å². The Kier molecular flexibility index (Phi) is 5.51. The minimum atomic E-state index is -1.21. The molecule has 30 heavy (non-hydrogen) atoms. The minimum Gasteiger partial charge on any atom is -0.310 e. The van der Waals surface area contributed by atoms with Crippen LogP contribution in [0.1, 0.15) is 26.7 Å². The molecule has 1 fully saturated rings. The molecule has 0 saturated carbocycles. The molecule has 0 aromatic carbocycles. The Balaban J connectivity index is 1.43. The van der Waals surface area contributed by atoms with E-state index in [0.717, 1.165) is 48.0 Å². The smallest absolute Gasteiger partial charge is 0.228 e. The first kappa shape index (κ1) is 20.4. The number of hydrogen-bond donors (Lipinski definition) is 1. The maximum absolute atomic E-state index is 13.8. The van der Waals surface area contributed by atoms with E-state index in [1.54, 1.807) is 37.1 Å². The molecule has 158 valence electrons. The number of piperidine rings is 1. The first-order valence-corrected chi connectivity index (χ1v) is 10.2. The molecule has 1 amide bonds. The number of nitrogens with one attached hydrogen (secondary N) is 1. The predicted octanol–water partition coefficient (Wildman–Crippen LogP) is 3.43. The van der Waals surface area contributed by atoms with Crippen LogP contribution in [0.15, 0.2) is 36.9 Å². The van der Waals surface area contributed by atoms with E-state index in [9.17, 15) is 9.18 Å². The zero-order valence-electron chi connectivity index (χ0n) is 17.6. The Morgan fingerprint density at radius 2 is 1.90 bits per heavy atom. The highest BCUT2D eigenvalue weighted by molar-refractivity contribution is 5.94. The van der Waals surface area contributed by atoms with Crippen molar-refractivity contribution in [3.8, 4) is 11.3 Å². The van der Waals surface area contributed by atoms with Gasteiger partial charge in [0.1, 0.15) is 11.5 Å². The highest BCUT2D eigenvalue weighted by Gasteiger charge is 2.28. The fourth-order valence-corrected chi connectivity index (χ4v) is 3.93. The lowest BCUT2D eigenvalue weighted by Crippen LogP contribution is -2.43. The van der Waals surface area contributed by atoms with E-state index in [2.05, 4.69) is 25.3 Å². The van der Waals surface area contributed by atoms with Crippen LogP contribution in [0.25, 0.3) is 22.0 Å². The molecular weight excluding hydrogens is 383 g/mol. The third-order valence-electron chi connectivity index (χ3n) is 5.41. The molecule has 0 unspecified atom stereocenters. The number of fused-ring (bicyclic) bond motifs is 1. The lowest BCUT2D eigenvalue weighted by molar-refractivity contribution is -0.121. The average Bonchev–Trinajstić information content (AvgIpc) is 3.13. The second-order valence-electron chi connectivity index (χ2n) is 8.65. The molecule has 0 aliphatic carbocycles. The van der Waals surface area contributed by atoms with Crippen molar-refractivity contribution in [1.82, 2.24) is 24.6 Å². The van der Waals surface area contributed by atoms with Crippen LogP contribution in [-0.4, -0.2) is 55.9 Å². The minimum absolute atomic E-state index is 0.0254. The van der Waals surface area contributed by atoms with Crippen molar-refractivity contribution in [3.05, 3.63) is 36.9 Å². The number of halogens is 1. The molecule has 0 atom stereocenters. The molecule has 1 aliphatic rings. The molecule has 4 heterocycles. The Morgan fingerprint density at radius 1 is 1.17 bits per heavy atom. The van der Waals surface area contributed by atoms with Crippen molar-refractivity contribution >= 4 is 22.5 Å². The number of hydrogen-bond acceptors (Lipinski definition) is 5. The van der Waals surface area contributed by atoms with E-state index in [4.69, 9.17) is 0 Å². The zero-order valence-corrected chi connectivity index (χ0v) is 17.6. The molecule has 0 radical (unpaired) electrons. The normalized spacial score (nSPS) is 16.1. The average molecular weight is 410 g/mol. The lowest BCUT2D eigenvalue weighted by atomic mass is 9.95. The highest BCUT2D eigenvalue weighted by atomic mass is 19.1. The Hall–Kier alpha value is -2.87. The third-order valence-corrected chi connectivity index (χ3v) is 5.41. The Labute approximate surface area is 175 Å². The maximum atomic E-state index is 13.8. The van der Waals surface area contributed by atoms with Gasteiger partial charge in [0.25, 0.3) is 0 Å². The van der Waals surface area contributed by atoms with Crippen LogP contribution in [0, 0.1) is 5.92 Å². The SMILES string of the molecule is Cn1cc(-c2cc3cc(NC(=O)C4CCN(CC(C)(C)F)CC4)ncc3cn2)cn1. The van der Waals surface area contributed by atoms with E-state index in [0.29, 0.717) is 12.4 Å². The summed E-state index contributed by atoms with van der Waals surface area (Å²) in [4.78, 5) is 23.6. The van der Waals surface area contributed by atoms with Crippen LogP contribution in [0.3, 0.4) is 0 Å². The van der Waals surface area contributed by atoms with Crippen molar-refractivity contribution in [2.75, 3.05) is 25.0 Å². The summed E-state index contributed by atoms with van der Waals surface area (Å²) < 4.78 is 15.6. The molecule has 4 rings (SSSR count). The number of carbonyl (C=O) groups excluding carboxylic acids is 1. The summed E-state index contributed by atoms with van der Waals surface area (Å²) in [5, 5.41) is 9.00. The molecule has 7 nitrogen and oxygen atoms in total. The molecular formula is C22H27FN6O. The Bertz CT molecular complexity index is 1050. The summed E-state index contributed by atoms with van der Waals surface area (Å²) in [5.74, 6) is 0.426. The summed E-state index contributed by atoms with van der Waals surface area (Å²) in [6.07, 6.45) is 8.63. The van der Waals surface area contributed by atoms with Crippen LogP contribution < -0.4 is 5.32 Å². The van der Waals surface area contributed by atoms with Gasteiger partial charge >= 0.3 is 0 Å². The number of anilines is 1. The van der Waals surface area contributed by atoms with Gasteiger partial charge in [-0.3, -0.25) is 14.5 Å². The third kappa shape index (κ3) is 4.81. The topological polar surface area (TPSA) is 75.9 Å². The largest absolute Gasteiger partial charge is 0.310 e. The van der Waals surface area contributed by atoms with Crippen LogP contribution in [0.5, 0.6) is 0 Å². The van der Waals surface area contributed by atoms with Gasteiger partial charge in [-0.1, -0.05) is 0 Å². The number of carbonyl (C=O) groups is 1. The van der Waals surface area contributed by atoms with Crippen molar-refractivity contribution in [2.24, 2.45) is 13.0 Å². The van der Waals surface area contributed by atoms with Gasteiger partial charge in [0.15, 0.2) is 0 Å². The van der Waals surface area contributed by atoms with Crippen LogP contribution in [0.4, 0.5) is 10.2 Å². The molecule has 3 aromatic rings. The van der Waals surface area contributed by atoms with Crippen LogP contribution >= 0.6 is 0 Å². The summed E-state index contributed by atoms with van der Waals surface area (Å²) in [7, 11) is 1.87. The van der Waals surface area contributed by atoms with E-state index in [1.165, 1.54) is 0 Å². The molecule has 8 heteroatoms. The second-order valence-corrected chi connectivity index (χ2v) is 8.65. The van der Waals surface area contributed by atoms with Gasteiger partial charge in [-0.15, -0.1) is 0 Å². The standard InChI is InChI=1S/C22H27FN6O/c1-22(2,23)14-29-6-4-15(5-7-29)21(30)27-20-9-16-8-19(18-12-26-28(3)13-18)24-10-17(16)11-25-20/h8-13,15H,4-7,14H2,1-3H3,(H,25,27,30). The number of likely N-dealkylation sites (tertiary alicyclic amines) is 1. The number of alkyl halides is 1. The van der Waals surface area contributed by atoms with E-state index in [1.807, 2.05) is 25.4 Å².